The second kappa shape index (κ2) is 11.3. The number of rotatable bonds is 8. The van der Waals surface area contributed by atoms with Gasteiger partial charge in [-0.3, -0.25) is 14.4 Å². The van der Waals surface area contributed by atoms with Crippen molar-refractivity contribution in [3.8, 4) is 5.75 Å². The maximum atomic E-state index is 13.8. The standard InChI is InChI=1S/C32H33ClN2O5/c1-21-20-29(35(22(2)36)25-12-10-24(33)11-13-25)27-6-3-4-7-28(27)34(21)30(37)23-8-14-26(15-9-23)40-19-18-32(31(38)39)16-5-17-32/h3-4,6-15,21,29H,5,16-20H2,1-2H3,(H,38,39)/t21-,29+/m0/s1. The van der Waals surface area contributed by atoms with Crippen LogP contribution in [0.25, 0.3) is 0 Å². The number of carboxylic acids is 1. The van der Waals surface area contributed by atoms with Gasteiger partial charge in [0.1, 0.15) is 5.75 Å². The number of ether oxygens (including phenoxy) is 1. The van der Waals surface area contributed by atoms with Crippen LogP contribution in [0.15, 0.2) is 72.8 Å². The van der Waals surface area contributed by atoms with Crippen molar-refractivity contribution in [3.63, 3.8) is 0 Å². The Morgan fingerprint density at radius 3 is 2.30 bits per heavy atom. The third-order valence-corrected chi connectivity index (χ3v) is 8.50. The SMILES string of the molecule is CC(=O)N(c1ccc(Cl)cc1)[C@@H]1C[C@H](C)N(C(=O)c2ccc(OCCC3(C(=O)O)CCC3)cc2)c2ccccc21. The van der Waals surface area contributed by atoms with E-state index in [-0.39, 0.29) is 23.9 Å². The largest absolute Gasteiger partial charge is 0.494 e. The van der Waals surface area contributed by atoms with Crippen molar-refractivity contribution < 1.29 is 24.2 Å². The number of carbonyl (C=O) groups excluding carboxylic acids is 2. The summed E-state index contributed by atoms with van der Waals surface area (Å²) in [5.41, 5.74) is 2.30. The van der Waals surface area contributed by atoms with Gasteiger partial charge < -0.3 is 19.6 Å². The van der Waals surface area contributed by atoms with Crippen LogP contribution < -0.4 is 14.5 Å². The van der Waals surface area contributed by atoms with Gasteiger partial charge in [-0.25, -0.2) is 0 Å². The summed E-state index contributed by atoms with van der Waals surface area (Å²) in [7, 11) is 0. The van der Waals surface area contributed by atoms with Gasteiger partial charge in [-0.05, 0) is 92.8 Å². The van der Waals surface area contributed by atoms with Crippen molar-refractivity contribution in [1.82, 2.24) is 0 Å². The van der Waals surface area contributed by atoms with E-state index < -0.39 is 11.4 Å². The number of carbonyl (C=O) groups is 3. The molecule has 1 aliphatic heterocycles. The minimum absolute atomic E-state index is 0.0868. The van der Waals surface area contributed by atoms with Gasteiger partial charge in [0, 0.05) is 34.9 Å². The van der Waals surface area contributed by atoms with Crippen molar-refractivity contribution >= 4 is 40.8 Å². The third-order valence-electron chi connectivity index (χ3n) is 8.25. The second-order valence-electron chi connectivity index (χ2n) is 10.8. The van der Waals surface area contributed by atoms with E-state index in [1.54, 1.807) is 53.1 Å². The molecule has 3 aromatic rings. The molecule has 1 heterocycles. The summed E-state index contributed by atoms with van der Waals surface area (Å²) < 4.78 is 5.82. The molecule has 1 N–H and O–H groups in total. The molecular weight excluding hydrogens is 528 g/mol. The lowest BCUT2D eigenvalue weighted by atomic mass is 9.67. The maximum absolute atomic E-state index is 13.8. The predicted octanol–water partition coefficient (Wildman–Crippen LogP) is 6.90. The molecular formula is C32H33ClN2O5. The zero-order valence-corrected chi connectivity index (χ0v) is 23.4. The summed E-state index contributed by atoms with van der Waals surface area (Å²) >= 11 is 6.09. The Morgan fingerprint density at radius 2 is 1.70 bits per heavy atom. The highest BCUT2D eigenvalue weighted by molar-refractivity contribution is 6.30. The van der Waals surface area contributed by atoms with E-state index >= 15 is 0 Å². The lowest BCUT2D eigenvalue weighted by Crippen LogP contribution is -2.47. The highest BCUT2D eigenvalue weighted by atomic mass is 35.5. The van der Waals surface area contributed by atoms with Gasteiger partial charge in [0.25, 0.3) is 5.91 Å². The van der Waals surface area contributed by atoms with Crippen LogP contribution in [-0.2, 0) is 9.59 Å². The molecule has 0 spiro atoms. The van der Waals surface area contributed by atoms with Crippen molar-refractivity contribution in [2.45, 2.75) is 58.0 Å². The number of para-hydroxylation sites is 1. The van der Waals surface area contributed by atoms with E-state index in [1.165, 1.54) is 0 Å². The zero-order valence-electron chi connectivity index (χ0n) is 22.7. The van der Waals surface area contributed by atoms with Crippen LogP contribution in [0.5, 0.6) is 5.75 Å². The van der Waals surface area contributed by atoms with Gasteiger partial charge >= 0.3 is 5.97 Å². The smallest absolute Gasteiger partial charge is 0.309 e. The lowest BCUT2D eigenvalue weighted by Gasteiger charge is -2.43. The van der Waals surface area contributed by atoms with Gasteiger partial charge in [0.15, 0.2) is 0 Å². The van der Waals surface area contributed by atoms with E-state index in [0.717, 1.165) is 23.4 Å². The summed E-state index contributed by atoms with van der Waals surface area (Å²) in [4.78, 5) is 41.8. The van der Waals surface area contributed by atoms with Crippen LogP contribution in [0.2, 0.25) is 5.02 Å². The summed E-state index contributed by atoms with van der Waals surface area (Å²) in [6, 6.07) is 21.5. The molecule has 2 atom stereocenters. The first-order valence-electron chi connectivity index (χ1n) is 13.6. The van der Waals surface area contributed by atoms with Gasteiger partial charge in [0.05, 0.1) is 18.1 Å². The topological polar surface area (TPSA) is 87.2 Å². The molecule has 7 nitrogen and oxygen atoms in total. The zero-order chi connectivity index (χ0) is 28.4. The monoisotopic (exact) mass is 560 g/mol. The van der Waals surface area contributed by atoms with Crippen LogP contribution >= 0.6 is 11.6 Å². The van der Waals surface area contributed by atoms with Gasteiger partial charge in [-0.1, -0.05) is 36.2 Å². The van der Waals surface area contributed by atoms with Crippen molar-refractivity contribution in [2.75, 3.05) is 16.4 Å². The normalized spacial score (nSPS) is 19.2. The van der Waals surface area contributed by atoms with Crippen molar-refractivity contribution in [2.24, 2.45) is 5.41 Å². The predicted molar refractivity (Wildman–Crippen MR) is 155 cm³/mol. The van der Waals surface area contributed by atoms with Crippen LogP contribution in [-0.4, -0.2) is 35.5 Å². The summed E-state index contributed by atoms with van der Waals surface area (Å²) in [5.74, 6) is -0.369. The van der Waals surface area contributed by atoms with Crippen LogP contribution in [0.3, 0.4) is 0 Å². The number of fused-ring (bicyclic) bond motifs is 1. The number of nitrogens with zero attached hydrogens (tertiary/aromatic N) is 2. The van der Waals surface area contributed by atoms with Crippen molar-refractivity contribution in [1.29, 1.82) is 0 Å². The highest BCUT2D eigenvalue weighted by Gasteiger charge is 2.44. The Bertz CT molecular complexity index is 1400. The average molecular weight is 561 g/mol. The molecule has 208 valence electrons. The average Bonchev–Trinajstić information content (AvgIpc) is 2.91. The molecule has 0 aromatic heterocycles. The number of carboxylic acid groups (broad SMARTS) is 1. The summed E-state index contributed by atoms with van der Waals surface area (Å²) in [5, 5.41) is 10.1. The summed E-state index contributed by atoms with van der Waals surface area (Å²) in [6.07, 6.45) is 3.37. The Labute approximate surface area is 239 Å². The molecule has 2 amide bonds. The number of amides is 2. The van der Waals surface area contributed by atoms with Crippen LogP contribution in [0, 0.1) is 5.41 Å². The molecule has 8 heteroatoms. The highest BCUT2D eigenvalue weighted by Crippen LogP contribution is 2.45. The van der Waals surface area contributed by atoms with E-state index in [1.807, 2.05) is 43.3 Å². The number of hydrogen-bond acceptors (Lipinski definition) is 4. The maximum Gasteiger partial charge on any atom is 0.309 e. The van der Waals surface area contributed by atoms with Crippen molar-refractivity contribution in [3.05, 3.63) is 88.9 Å². The fourth-order valence-corrected chi connectivity index (χ4v) is 6.02. The van der Waals surface area contributed by atoms with Gasteiger partial charge in [0.2, 0.25) is 5.91 Å². The number of halogens is 1. The fourth-order valence-electron chi connectivity index (χ4n) is 5.89. The van der Waals surface area contributed by atoms with E-state index in [4.69, 9.17) is 16.3 Å². The first-order chi connectivity index (χ1) is 19.2. The Balaban J connectivity index is 1.34. The lowest BCUT2D eigenvalue weighted by molar-refractivity contribution is -0.155. The van der Waals surface area contributed by atoms with Crippen LogP contribution in [0.4, 0.5) is 11.4 Å². The summed E-state index contributed by atoms with van der Waals surface area (Å²) in [6.45, 7) is 3.87. The molecule has 0 bridgehead atoms. The first-order valence-corrected chi connectivity index (χ1v) is 14.0. The number of benzene rings is 3. The molecule has 0 saturated heterocycles. The molecule has 5 rings (SSSR count). The molecule has 1 saturated carbocycles. The van der Waals surface area contributed by atoms with E-state index in [9.17, 15) is 19.5 Å². The van der Waals surface area contributed by atoms with Gasteiger partial charge in [-0.15, -0.1) is 0 Å². The van der Waals surface area contributed by atoms with E-state index in [2.05, 4.69) is 0 Å². The quantitative estimate of drug-likeness (QED) is 0.324. The number of hydrogen-bond donors (Lipinski definition) is 1. The molecule has 1 aliphatic carbocycles. The Kier molecular flexibility index (Phi) is 7.86. The molecule has 0 radical (unpaired) electrons. The Morgan fingerprint density at radius 1 is 1.02 bits per heavy atom. The van der Waals surface area contributed by atoms with Crippen LogP contribution in [0.1, 0.15) is 67.9 Å². The second-order valence-corrected chi connectivity index (χ2v) is 11.2. The third kappa shape index (κ3) is 5.30. The first kappa shape index (κ1) is 27.7. The van der Waals surface area contributed by atoms with E-state index in [0.29, 0.717) is 48.6 Å². The molecule has 2 aliphatic rings. The fraction of sp³-hybridized carbons (Fsp3) is 0.344. The minimum atomic E-state index is -0.749. The molecule has 1 fully saturated rings. The Hall–Kier alpha value is -3.84. The number of anilines is 2. The van der Waals surface area contributed by atoms with Gasteiger partial charge in [-0.2, -0.15) is 0 Å². The molecule has 40 heavy (non-hydrogen) atoms. The molecule has 0 unspecified atom stereocenters. The molecule has 3 aromatic carbocycles. The number of aliphatic carboxylic acids is 1. The minimum Gasteiger partial charge on any atom is -0.494 e.